The number of amides is 1. The quantitative estimate of drug-likeness (QED) is 0.724. The normalized spacial score (nSPS) is 25.5. The van der Waals surface area contributed by atoms with Gasteiger partial charge in [0.25, 0.3) is 0 Å². The van der Waals surface area contributed by atoms with Crippen LogP contribution < -0.4 is 4.90 Å². The summed E-state index contributed by atoms with van der Waals surface area (Å²) in [5.41, 5.74) is 2.57. The minimum absolute atomic E-state index is 0.261. The molecule has 1 spiro atoms. The van der Waals surface area contributed by atoms with Gasteiger partial charge in [-0.15, -0.1) is 10.2 Å². The number of carbonyl (C=O) groups excluding carboxylic acids is 1. The lowest BCUT2D eigenvalue weighted by Gasteiger charge is -2.29. The Morgan fingerprint density at radius 3 is 2.73 bits per heavy atom. The van der Waals surface area contributed by atoms with E-state index in [4.69, 9.17) is 4.74 Å². The average Bonchev–Trinajstić information content (AvgIpc) is 3.47. The minimum Gasteiger partial charge on any atom is -0.379 e. The van der Waals surface area contributed by atoms with Gasteiger partial charge in [0.15, 0.2) is 0 Å². The third-order valence-electron chi connectivity index (χ3n) is 6.94. The van der Waals surface area contributed by atoms with E-state index < -0.39 is 0 Å². The van der Waals surface area contributed by atoms with Crippen molar-refractivity contribution in [2.45, 2.75) is 32.6 Å². The number of aromatic nitrogens is 4. The number of carbonyl (C=O) groups is 1. The fraction of sp³-hybridized carbons (Fsp3) is 0.714. The number of morpholine rings is 1. The van der Waals surface area contributed by atoms with Crippen LogP contribution >= 0.6 is 0 Å². The Bertz CT molecular complexity index is 923. The van der Waals surface area contributed by atoms with Crippen molar-refractivity contribution in [1.29, 1.82) is 0 Å². The van der Waals surface area contributed by atoms with Gasteiger partial charge in [0, 0.05) is 45.8 Å². The van der Waals surface area contributed by atoms with Crippen LogP contribution in [0.4, 0.5) is 5.69 Å². The van der Waals surface area contributed by atoms with E-state index in [1.807, 2.05) is 0 Å². The maximum atomic E-state index is 13.4. The molecule has 0 bridgehead atoms. The average molecular weight is 414 g/mol. The zero-order valence-electron chi connectivity index (χ0n) is 18.0. The molecule has 0 aromatic carbocycles. The highest BCUT2D eigenvalue weighted by atomic mass is 16.5. The molecule has 162 valence electrons. The highest BCUT2D eigenvalue weighted by molar-refractivity contribution is 5.87. The summed E-state index contributed by atoms with van der Waals surface area (Å²) in [7, 11) is 0. The summed E-state index contributed by atoms with van der Waals surface area (Å²) < 4.78 is 7.19. The van der Waals surface area contributed by atoms with Crippen molar-refractivity contribution in [3.05, 3.63) is 18.1 Å². The highest BCUT2D eigenvalue weighted by Gasteiger charge is 2.51. The van der Waals surface area contributed by atoms with Gasteiger partial charge in [-0.05, 0) is 24.8 Å². The standard InChI is InChI=1S/C21H31N7O2/c1-16(2)17-13-18(19-23-22-15-28(19)24-17)27-6-4-21(14-27)3-5-26(20(21)29)8-7-25-9-11-30-12-10-25/h13,15-16H,3-12,14H2,1-2H3. The van der Waals surface area contributed by atoms with Crippen LogP contribution in [0.15, 0.2) is 12.4 Å². The molecule has 2 aromatic rings. The van der Waals surface area contributed by atoms with Gasteiger partial charge >= 0.3 is 0 Å². The maximum Gasteiger partial charge on any atom is 0.230 e. The molecular formula is C21H31N7O2. The number of ether oxygens (including phenoxy) is 1. The highest BCUT2D eigenvalue weighted by Crippen LogP contribution is 2.43. The van der Waals surface area contributed by atoms with Crippen molar-refractivity contribution >= 4 is 17.2 Å². The number of rotatable bonds is 5. The Morgan fingerprint density at radius 1 is 1.13 bits per heavy atom. The molecule has 0 aliphatic carbocycles. The Kier molecular flexibility index (Phi) is 5.10. The number of fused-ring (bicyclic) bond motifs is 1. The van der Waals surface area contributed by atoms with Gasteiger partial charge in [0.05, 0.1) is 30.0 Å². The van der Waals surface area contributed by atoms with Gasteiger partial charge in [-0.25, -0.2) is 0 Å². The van der Waals surface area contributed by atoms with E-state index in [-0.39, 0.29) is 5.41 Å². The Morgan fingerprint density at radius 2 is 1.93 bits per heavy atom. The SMILES string of the molecule is CC(C)c1cc(N2CCC3(CCN(CCN4CCOCC4)C3=O)C2)c2nncn2n1. The number of anilines is 1. The third-order valence-corrected chi connectivity index (χ3v) is 6.94. The Labute approximate surface area is 177 Å². The van der Waals surface area contributed by atoms with Crippen molar-refractivity contribution in [1.82, 2.24) is 29.6 Å². The third kappa shape index (κ3) is 3.43. The zero-order chi connectivity index (χ0) is 20.7. The van der Waals surface area contributed by atoms with Gasteiger partial charge in [0.1, 0.15) is 6.33 Å². The molecule has 30 heavy (non-hydrogen) atoms. The van der Waals surface area contributed by atoms with E-state index in [9.17, 15) is 4.79 Å². The fourth-order valence-corrected chi connectivity index (χ4v) is 4.99. The molecule has 2 aromatic heterocycles. The molecule has 5 heterocycles. The first-order chi connectivity index (χ1) is 14.6. The lowest BCUT2D eigenvalue weighted by atomic mass is 9.85. The van der Waals surface area contributed by atoms with E-state index in [2.05, 4.69) is 49.9 Å². The Balaban J connectivity index is 1.30. The molecule has 3 aliphatic heterocycles. The predicted molar refractivity (Wildman–Crippen MR) is 113 cm³/mol. The summed E-state index contributed by atoms with van der Waals surface area (Å²) in [5, 5.41) is 13.0. The summed E-state index contributed by atoms with van der Waals surface area (Å²) in [6.07, 6.45) is 3.50. The number of likely N-dealkylation sites (tertiary alicyclic amines) is 1. The summed E-state index contributed by atoms with van der Waals surface area (Å²) in [4.78, 5) is 20.2. The fourth-order valence-electron chi connectivity index (χ4n) is 4.99. The topological polar surface area (TPSA) is 79.1 Å². The van der Waals surface area contributed by atoms with Crippen LogP contribution in [0.25, 0.3) is 5.65 Å². The molecule has 0 saturated carbocycles. The van der Waals surface area contributed by atoms with Crippen molar-refractivity contribution in [2.75, 3.05) is 63.9 Å². The molecule has 1 atom stereocenters. The number of hydrogen-bond acceptors (Lipinski definition) is 7. The first-order valence-corrected chi connectivity index (χ1v) is 11.1. The first-order valence-electron chi connectivity index (χ1n) is 11.1. The van der Waals surface area contributed by atoms with Crippen molar-refractivity contribution in [2.24, 2.45) is 5.41 Å². The van der Waals surface area contributed by atoms with Crippen LogP contribution in [0.1, 0.15) is 38.3 Å². The lowest BCUT2D eigenvalue weighted by Crippen LogP contribution is -2.43. The van der Waals surface area contributed by atoms with Crippen LogP contribution in [0.3, 0.4) is 0 Å². The van der Waals surface area contributed by atoms with E-state index in [0.29, 0.717) is 11.8 Å². The smallest absolute Gasteiger partial charge is 0.230 e. The van der Waals surface area contributed by atoms with Crippen LogP contribution in [-0.2, 0) is 9.53 Å². The van der Waals surface area contributed by atoms with Gasteiger partial charge in [-0.3, -0.25) is 9.69 Å². The molecule has 3 aliphatic rings. The van der Waals surface area contributed by atoms with E-state index >= 15 is 0 Å². The van der Waals surface area contributed by atoms with Gasteiger partial charge < -0.3 is 14.5 Å². The predicted octanol–water partition coefficient (Wildman–Crippen LogP) is 1.01. The summed E-state index contributed by atoms with van der Waals surface area (Å²) in [6.45, 7) is 12.1. The van der Waals surface area contributed by atoms with Crippen LogP contribution in [0.2, 0.25) is 0 Å². The summed E-state index contributed by atoms with van der Waals surface area (Å²) in [5.74, 6) is 0.643. The molecule has 3 fully saturated rings. The van der Waals surface area contributed by atoms with Crippen molar-refractivity contribution in [3.63, 3.8) is 0 Å². The monoisotopic (exact) mass is 413 g/mol. The van der Waals surface area contributed by atoms with Crippen LogP contribution in [0.5, 0.6) is 0 Å². The second-order valence-corrected chi connectivity index (χ2v) is 9.16. The van der Waals surface area contributed by atoms with E-state index in [1.165, 1.54) is 0 Å². The molecule has 0 N–H and O–H groups in total. The molecule has 3 saturated heterocycles. The van der Waals surface area contributed by atoms with Gasteiger partial charge in [-0.2, -0.15) is 9.61 Å². The molecule has 9 nitrogen and oxygen atoms in total. The van der Waals surface area contributed by atoms with Crippen LogP contribution in [0, 0.1) is 5.41 Å². The largest absolute Gasteiger partial charge is 0.379 e. The molecule has 5 rings (SSSR count). The van der Waals surface area contributed by atoms with E-state index in [1.54, 1.807) is 10.8 Å². The summed E-state index contributed by atoms with van der Waals surface area (Å²) in [6, 6.07) is 2.13. The summed E-state index contributed by atoms with van der Waals surface area (Å²) >= 11 is 0. The minimum atomic E-state index is -0.261. The zero-order valence-corrected chi connectivity index (χ0v) is 18.0. The second kappa shape index (κ2) is 7.77. The van der Waals surface area contributed by atoms with E-state index in [0.717, 1.165) is 88.9 Å². The van der Waals surface area contributed by atoms with Crippen molar-refractivity contribution in [3.8, 4) is 0 Å². The molecule has 1 unspecified atom stereocenters. The number of nitrogens with zero attached hydrogens (tertiary/aromatic N) is 7. The number of hydrogen-bond donors (Lipinski definition) is 0. The lowest BCUT2D eigenvalue weighted by molar-refractivity contribution is -0.135. The van der Waals surface area contributed by atoms with Gasteiger partial charge in [-0.1, -0.05) is 13.8 Å². The molecule has 9 heteroatoms. The molecular weight excluding hydrogens is 382 g/mol. The molecule has 0 radical (unpaired) electrons. The molecule has 1 amide bonds. The van der Waals surface area contributed by atoms with Gasteiger partial charge in [0.2, 0.25) is 11.6 Å². The first kappa shape index (κ1) is 19.7. The van der Waals surface area contributed by atoms with Crippen LogP contribution in [-0.4, -0.2) is 94.5 Å². The maximum absolute atomic E-state index is 13.4. The van der Waals surface area contributed by atoms with Crippen molar-refractivity contribution < 1.29 is 9.53 Å². The Hall–Kier alpha value is -2.26. The second-order valence-electron chi connectivity index (χ2n) is 9.16.